The summed E-state index contributed by atoms with van der Waals surface area (Å²) in [6, 6.07) is 5.54. The van der Waals surface area contributed by atoms with Crippen molar-refractivity contribution < 1.29 is 14.6 Å². The summed E-state index contributed by atoms with van der Waals surface area (Å²) in [5.41, 5.74) is 1.99. The third kappa shape index (κ3) is 1.35. The van der Waals surface area contributed by atoms with E-state index in [0.29, 0.717) is 17.2 Å². The summed E-state index contributed by atoms with van der Waals surface area (Å²) < 4.78 is 12.3. The summed E-state index contributed by atoms with van der Waals surface area (Å²) in [4.78, 5) is 0. The van der Waals surface area contributed by atoms with Gasteiger partial charge in [-0.3, -0.25) is 4.68 Å². The van der Waals surface area contributed by atoms with Crippen LogP contribution in [0.5, 0.6) is 17.2 Å². The Morgan fingerprint density at radius 1 is 1.35 bits per heavy atom. The van der Waals surface area contributed by atoms with E-state index in [2.05, 4.69) is 5.10 Å². The minimum atomic E-state index is 0.177. The molecular weight excluding hydrogens is 220 g/mol. The largest absolute Gasteiger partial charge is 0.504 e. The first-order valence-corrected chi connectivity index (χ1v) is 5.30. The predicted octanol–water partition coefficient (Wildman–Crippen LogP) is 1.83. The molecule has 0 saturated carbocycles. The molecule has 0 aliphatic carbocycles. The smallest absolute Gasteiger partial charge is 0.231 e. The average Bonchev–Trinajstić information content (AvgIpc) is 2.89. The van der Waals surface area contributed by atoms with Gasteiger partial charge in [-0.05, 0) is 19.1 Å². The first-order valence-electron chi connectivity index (χ1n) is 5.30. The number of aromatic hydroxyl groups is 1. The van der Waals surface area contributed by atoms with E-state index in [1.807, 2.05) is 25.1 Å². The average molecular weight is 232 g/mol. The number of ether oxygens (including phenoxy) is 2. The van der Waals surface area contributed by atoms with Gasteiger partial charge in [0.05, 0.1) is 11.3 Å². The Hall–Kier alpha value is -2.17. The van der Waals surface area contributed by atoms with Crippen molar-refractivity contribution in [2.45, 2.75) is 6.92 Å². The molecule has 0 unspecified atom stereocenters. The van der Waals surface area contributed by atoms with E-state index >= 15 is 0 Å². The number of hydrogen-bond acceptors (Lipinski definition) is 4. The Morgan fingerprint density at radius 3 is 2.88 bits per heavy atom. The number of aryl methyl sites for hydroxylation is 1. The van der Waals surface area contributed by atoms with Crippen LogP contribution < -0.4 is 9.47 Å². The van der Waals surface area contributed by atoms with Crippen LogP contribution in [0.25, 0.3) is 11.3 Å². The van der Waals surface area contributed by atoms with Gasteiger partial charge in [-0.25, -0.2) is 0 Å². The van der Waals surface area contributed by atoms with Crippen molar-refractivity contribution >= 4 is 0 Å². The van der Waals surface area contributed by atoms with Gasteiger partial charge >= 0.3 is 0 Å². The summed E-state index contributed by atoms with van der Waals surface area (Å²) in [6.45, 7) is 2.02. The monoisotopic (exact) mass is 232 g/mol. The highest BCUT2D eigenvalue weighted by Crippen LogP contribution is 2.43. The molecule has 2 aromatic rings. The quantitative estimate of drug-likeness (QED) is 0.815. The van der Waals surface area contributed by atoms with Gasteiger partial charge in [0.2, 0.25) is 6.79 Å². The van der Waals surface area contributed by atoms with Crippen LogP contribution in [-0.4, -0.2) is 21.7 Å². The minimum Gasteiger partial charge on any atom is -0.504 e. The van der Waals surface area contributed by atoms with Gasteiger partial charge in [0, 0.05) is 7.05 Å². The van der Waals surface area contributed by atoms with E-state index in [-0.39, 0.29) is 12.5 Å². The van der Waals surface area contributed by atoms with Crippen molar-refractivity contribution in [1.29, 1.82) is 0 Å². The lowest BCUT2D eigenvalue weighted by Gasteiger charge is -2.02. The van der Waals surface area contributed by atoms with E-state index in [0.717, 1.165) is 11.3 Å². The number of hydrogen-bond donors (Lipinski definition) is 1. The molecule has 2 heterocycles. The van der Waals surface area contributed by atoms with E-state index in [4.69, 9.17) is 9.47 Å². The van der Waals surface area contributed by atoms with Crippen molar-refractivity contribution in [3.05, 3.63) is 23.9 Å². The molecule has 17 heavy (non-hydrogen) atoms. The molecule has 1 N–H and O–H groups in total. The fourth-order valence-electron chi connectivity index (χ4n) is 1.90. The van der Waals surface area contributed by atoms with Crippen LogP contribution in [-0.2, 0) is 7.05 Å². The summed E-state index contributed by atoms with van der Waals surface area (Å²) in [5.74, 6) is 1.50. The van der Waals surface area contributed by atoms with Crippen LogP contribution in [0.15, 0.2) is 18.2 Å². The lowest BCUT2D eigenvalue weighted by Crippen LogP contribution is -1.94. The Morgan fingerprint density at radius 2 is 2.18 bits per heavy atom. The normalized spacial score (nSPS) is 13.1. The van der Waals surface area contributed by atoms with Crippen LogP contribution >= 0.6 is 0 Å². The van der Waals surface area contributed by atoms with E-state index in [9.17, 15) is 5.11 Å². The molecule has 3 rings (SSSR count). The molecule has 1 aliphatic heterocycles. The molecule has 0 atom stereocenters. The molecule has 0 radical (unpaired) electrons. The summed E-state index contributed by atoms with van der Waals surface area (Å²) in [5, 5.41) is 14.3. The van der Waals surface area contributed by atoms with Gasteiger partial charge in [0.1, 0.15) is 5.69 Å². The summed E-state index contributed by atoms with van der Waals surface area (Å²) in [7, 11) is 1.79. The third-order valence-corrected chi connectivity index (χ3v) is 2.95. The van der Waals surface area contributed by atoms with Crippen LogP contribution in [0, 0.1) is 6.92 Å². The Kier molecular flexibility index (Phi) is 2.01. The minimum absolute atomic E-state index is 0.177. The highest BCUT2D eigenvalue weighted by molar-refractivity contribution is 5.76. The standard InChI is InChI=1S/C12H12N2O3/c1-7-11(15)10(13-14(7)2)8-4-3-5-9-12(8)17-6-16-9/h3-5,15H,6H2,1-2H3. The molecule has 0 fully saturated rings. The first kappa shape index (κ1) is 10.0. The van der Waals surface area contributed by atoms with Crippen molar-refractivity contribution in [3.8, 4) is 28.5 Å². The lowest BCUT2D eigenvalue weighted by molar-refractivity contribution is 0.174. The van der Waals surface area contributed by atoms with Crippen LogP contribution in [0.1, 0.15) is 5.69 Å². The molecule has 5 nitrogen and oxygen atoms in total. The zero-order valence-corrected chi connectivity index (χ0v) is 9.60. The maximum atomic E-state index is 10.0. The SMILES string of the molecule is Cc1c(O)c(-c2cccc3c2OCO3)nn1C. The fourth-order valence-corrected chi connectivity index (χ4v) is 1.90. The molecule has 0 saturated heterocycles. The van der Waals surface area contributed by atoms with Gasteiger partial charge < -0.3 is 14.6 Å². The second kappa shape index (κ2) is 3.41. The number of benzene rings is 1. The molecule has 0 bridgehead atoms. The second-order valence-corrected chi connectivity index (χ2v) is 3.95. The summed E-state index contributed by atoms with van der Waals surface area (Å²) in [6.07, 6.45) is 0. The molecule has 1 aromatic carbocycles. The zero-order valence-electron chi connectivity index (χ0n) is 9.60. The van der Waals surface area contributed by atoms with E-state index in [1.165, 1.54) is 0 Å². The Balaban J connectivity index is 2.22. The Bertz CT molecular complexity index is 590. The second-order valence-electron chi connectivity index (χ2n) is 3.95. The van der Waals surface area contributed by atoms with Crippen LogP contribution in [0.2, 0.25) is 0 Å². The number of nitrogens with zero attached hydrogens (tertiary/aromatic N) is 2. The molecule has 1 aromatic heterocycles. The number of para-hydroxylation sites is 1. The third-order valence-electron chi connectivity index (χ3n) is 2.95. The fraction of sp³-hybridized carbons (Fsp3) is 0.250. The Labute approximate surface area is 98.2 Å². The van der Waals surface area contributed by atoms with E-state index in [1.54, 1.807) is 11.7 Å². The highest BCUT2D eigenvalue weighted by Gasteiger charge is 2.23. The van der Waals surface area contributed by atoms with Crippen molar-refractivity contribution in [2.75, 3.05) is 6.79 Å². The highest BCUT2D eigenvalue weighted by atomic mass is 16.7. The molecule has 0 amide bonds. The maximum absolute atomic E-state index is 10.0. The number of rotatable bonds is 1. The van der Waals surface area contributed by atoms with Gasteiger partial charge in [0.15, 0.2) is 17.2 Å². The van der Waals surface area contributed by atoms with Crippen LogP contribution in [0.4, 0.5) is 0 Å². The molecule has 1 aliphatic rings. The van der Waals surface area contributed by atoms with Crippen LogP contribution in [0.3, 0.4) is 0 Å². The molecule has 5 heteroatoms. The molecule has 0 spiro atoms. The van der Waals surface area contributed by atoms with Gasteiger partial charge in [-0.15, -0.1) is 0 Å². The number of fused-ring (bicyclic) bond motifs is 1. The number of aromatic nitrogens is 2. The summed E-state index contributed by atoms with van der Waals surface area (Å²) >= 11 is 0. The lowest BCUT2D eigenvalue weighted by atomic mass is 10.1. The van der Waals surface area contributed by atoms with Gasteiger partial charge in [-0.2, -0.15) is 5.10 Å². The maximum Gasteiger partial charge on any atom is 0.231 e. The molecular formula is C12H12N2O3. The van der Waals surface area contributed by atoms with Crippen molar-refractivity contribution in [1.82, 2.24) is 9.78 Å². The van der Waals surface area contributed by atoms with Gasteiger partial charge in [-0.1, -0.05) is 6.07 Å². The first-order chi connectivity index (χ1) is 8.18. The topological polar surface area (TPSA) is 56.5 Å². The van der Waals surface area contributed by atoms with Gasteiger partial charge in [0.25, 0.3) is 0 Å². The zero-order chi connectivity index (χ0) is 12.0. The molecule has 88 valence electrons. The predicted molar refractivity (Wildman–Crippen MR) is 61.2 cm³/mol. The van der Waals surface area contributed by atoms with Crippen molar-refractivity contribution in [2.24, 2.45) is 7.05 Å². The van der Waals surface area contributed by atoms with E-state index < -0.39 is 0 Å². The van der Waals surface area contributed by atoms with Crippen molar-refractivity contribution in [3.63, 3.8) is 0 Å².